The number of para-hydroxylation sites is 1. The highest BCUT2D eigenvalue weighted by atomic mass is 32.2. The van der Waals surface area contributed by atoms with E-state index in [0.29, 0.717) is 34.3 Å². The molecule has 0 spiro atoms. The van der Waals surface area contributed by atoms with E-state index in [2.05, 4.69) is 12.6 Å². The molecule has 2 heterocycles. The Bertz CT molecular complexity index is 970. The van der Waals surface area contributed by atoms with E-state index in [1.165, 1.54) is 11.8 Å². The molecule has 9 heteroatoms. The van der Waals surface area contributed by atoms with E-state index in [0.717, 1.165) is 17.1 Å². The maximum Gasteiger partial charge on any atom is 0.263 e. The van der Waals surface area contributed by atoms with Gasteiger partial charge in [-0.15, -0.1) is 24.4 Å². The van der Waals surface area contributed by atoms with Gasteiger partial charge in [-0.05, 0) is 17.7 Å². The fourth-order valence-corrected chi connectivity index (χ4v) is 5.93. The van der Waals surface area contributed by atoms with E-state index in [-0.39, 0.29) is 23.1 Å². The number of ether oxygens (including phenoxy) is 1. The first-order chi connectivity index (χ1) is 14.6. The molecule has 2 amide bonds. The fourth-order valence-electron chi connectivity index (χ4n) is 3.30. The molecule has 0 N–H and O–H groups in total. The molecule has 2 fully saturated rings. The average molecular weight is 477 g/mol. The minimum atomic E-state index is -0.235. The van der Waals surface area contributed by atoms with E-state index in [9.17, 15) is 9.59 Å². The first-order valence-corrected chi connectivity index (χ1v) is 12.4. The summed E-state index contributed by atoms with van der Waals surface area (Å²) in [6, 6.07) is 14.8. The highest BCUT2D eigenvalue weighted by Gasteiger charge is 2.33. The van der Waals surface area contributed by atoms with Gasteiger partial charge in [0.2, 0.25) is 0 Å². The summed E-state index contributed by atoms with van der Waals surface area (Å²) < 4.78 is 6.46. The third-order valence-corrected chi connectivity index (χ3v) is 7.96. The second-order valence-electron chi connectivity index (χ2n) is 6.72. The lowest BCUT2D eigenvalue weighted by molar-refractivity contribution is 0.0787. The number of nitrogens with zero attached hydrogens (tertiary/aromatic N) is 2. The van der Waals surface area contributed by atoms with E-state index >= 15 is 0 Å². The molecule has 156 valence electrons. The van der Waals surface area contributed by atoms with Gasteiger partial charge in [0.05, 0.1) is 11.1 Å². The summed E-state index contributed by atoms with van der Waals surface area (Å²) in [6.07, 6.45) is 0. The highest BCUT2D eigenvalue weighted by Crippen LogP contribution is 2.33. The quantitative estimate of drug-likeness (QED) is 0.517. The van der Waals surface area contributed by atoms with Crippen molar-refractivity contribution >= 4 is 64.5 Å². The normalized spacial score (nSPS) is 18.7. The van der Waals surface area contributed by atoms with Crippen LogP contribution in [0.25, 0.3) is 0 Å². The van der Waals surface area contributed by atoms with Crippen LogP contribution in [0.3, 0.4) is 0 Å². The van der Waals surface area contributed by atoms with Crippen molar-refractivity contribution in [1.29, 1.82) is 0 Å². The van der Waals surface area contributed by atoms with Crippen molar-refractivity contribution in [1.82, 2.24) is 9.80 Å². The third kappa shape index (κ3) is 4.49. The van der Waals surface area contributed by atoms with Crippen LogP contribution in [0.15, 0.2) is 48.5 Å². The van der Waals surface area contributed by atoms with Crippen LogP contribution in [0.5, 0.6) is 5.75 Å². The predicted molar refractivity (Wildman–Crippen MR) is 130 cm³/mol. The maximum absolute atomic E-state index is 13.3. The van der Waals surface area contributed by atoms with Crippen LogP contribution in [0.1, 0.15) is 26.3 Å². The molecule has 0 saturated carbocycles. The van der Waals surface area contributed by atoms with Gasteiger partial charge in [0, 0.05) is 24.6 Å². The number of amides is 2. The number of thiol groups is 1. The van der Waals surface area contributed by atoms with Crippen molar-refractivity contribution in [2.75, 3.05) is 24.6 Å². The zero-order valence-corrected chi connectivity index (χ0v) is 19.4. The number of hydrogen-bond acceptors (Lipinski definition) is 7. The van der Waals surface area contributed by atoms with Crippen LogP contribution in [0.4, 0.5) is 0 Å². The van der Waals surface area contributed by atoms with E-state index in [1.807, 2.05) is 30.3 Å². The third-order valence-electron chi connectivity index (χ3n) is 4.83. The Hall–Kier alpha value is -1.68. The lowest BCUT2D eigenvalue weighted by Gasteiger charge is -2.23. The van der Waals surface area contributed by atoms with Gasteiger partial charge in [-0.25, -0.2) is 0 Å². The van der Waals surface area contributed by atoms with Gasteiger partial charge in [0.25, 0.3) is 11.8 Å². The summed E-state index contributed by atoms with van der Waals surface area (Å²) in [5.74, 6) is 1.48. The molecule has 2 aliphatic heterocycles. The van der Waals surface area contributed by atoms with Crippen LogP contribution in [-0.2, 0) is 6.61 Å². The largest absolute Gasteiger partial charge is 0.487 e. The molecular formula is C21H20N2O3S4. The first kappa shape index (κ1) is 21.5. The van der Waals surface area contributed by atoms with Crippen molar-refractivity contribution in [3.8, 4) is 5.75 Å². The Morgan fingerprint density at radius 1 is 1.03 bits per heavy atom. The number of thiocarbonyl (C=S) groups is 1. The Labute approximate surface area is 194 Å². The number of thioether (sulfide) groups is 2. The standard InChI is InChI=1S/C21H20N2O3S4/c24-18(22-9-11-29-20(22)27)15-7-4-8-16(19(25)23-10-12-30-21(23)28)17(15)26-13-14-5-2-1-3-6-14/h1-8,20,27H,9-13H2. The van der Waals surface area contributed by atoms with Crippen LogP contribution in [0, 0.1) is 0 Å². The van der Waals surface area contributed by atoms with Crippen molar-refractivity contribution in [3.63, 3.8) is 0 Å². The predicted octanol–water partition coefficient (Wildman–Crippen LogP) is 4.14. The minimum absolute atomic E-state index is 0.184. The summed E-state index contributed by atoms with van der Waals surface area (Å²) >= 11 is 12.9. The van der Waals surface area contributed by atoms with Gasteiger partial charge in [-0.2, -0.15) is 0 Å². The molecule has 0 bridgehead atoms. The molecule has 30 heavy (non-hydrogen) atoms. The van der Waals surface area contributed by atoms with E-state index in [4.69, 9.17) is 17.0 Å². The molecule has 1 atom stereocenters. The van der Waals surface area contributed by atoms with Crippen molar-refractivity contribution in [2.24, 2.45) is 0 Å². The fraction of sp³-hybridized carbons (Fsp3) is 0.286. The summed E-state index contributed by atoms with van der Waals surface area (Å²) in [5.41, 5.74) is 1.68. The van der Waals surface area contributed by atoms with Crippen LogP contribution >= 0.6 is 48.4 Å². The van der Waals surface area contributed by atoms with Gasteiger partial charge >= 0.3 is 0 Å². The zero-order valence-electron chi connectivity index (χ0n) is 16.0. The molecule has 5 nitrogen and oxygen atoms in total. The maximum atomic E-state index is 13.3. The Morgan fingerprint density at radius 2 is 1.77 bits per heavy atom. The molecule has 4 rings (SSSR count). The molecule has 1 unspecified atom stereocenters. The average Bonchev–Trinajstić information content (AvgIpc) is 3.39. The minimum Gasteiger partial charge on any atom is -0.487 e. The van der Waals surface area contributed by atoms with Gasteiger partial charge in [-0.3, -0.25) is 14.5 Å². The Morgan fingerprint density at radius 3 is 2.40 bits per heavy atom. The molecule has 2 saturated heterocycles. The van der Waals surface area contributed by atoms with Crippen LogP contribution in [-0.4, -0.2) is 55.2 Å². The Balaban J connectivity index is 1.70. The van der Waals surface area contributed by atoms with Gasteiger partial charge in [0.15, 0.2) is 0 Å². The van der Waals surface area contributed by atoms with Crippen LogP contribution in [0.2, 0.25) is 0 Å². The zero-order chi connectivity index (χ0) is 21.1. The first-order valence-electron chi connectivity index (χ1n) is 9.45. The van der Waals surface area contributed by atoms with E-state index < -0.39 is 0 Å². The summed E-state index contributed by atoms with van der Waals surface area (Å²) in [5, 5.41) is 0. The highest BCUT2D eigenvalue weighted by molar-refractivity contribution is 8.23. The second-order valence-corrected chi connectivity index (χ2v) is 10.5. The molecule has 0 aliphatic carbocycles. The molecular weight excluding hydrogens is 457 g/mol. The SMILES string of the molecule is O=C(c1cccc(C(=O)N2CCSC2S)c1OCc1ccccc1)N1CCSC1=S. The van der Waals surface area contributed by atoms with Crippen LogP contribution < -0.4 is 4.74 Å². The van der Waals surface area contributed by atoms with Crippen molar-refractivity contribution < 1.29 is 14.3 Å². The number of carbonyl (C=O) groups excluding carboxylic acids is 2. The van der Waals surface area contributed by atoms with Gasteiger partial charge in [-0.1, -0.05) is 60.4 Å². The second kappa shape index (κ2) is 9.64. The smallest absolute Gasteiger partial charge is 0.263 e. The van der Waals surface area contributed by atoms with Crippen molar-refractivity contribution in [3.05, 3.63) is 65.2 Å². The van der Waals surface area contributed by atoms with Gasteiger partial charge < -0.3 is 9.64 Å². The molecule has 0 aromatic heterocycles. The lowest BCUT2D eigenvalue weighted by Crippen LogP contribution is -2.34. The molecule has 0 radical (unpaired) electrons. The number of hydrogen-bond donors (Lipinski definition) is 1. The lowest BCUT2D eigenvalue weighted by atomic mass is 10.1. The number of benzene rings is 2. The topological polar surface area (TPSA) is 49.9 Å². The number of carbonyl (C=O) groups is 2. The van der Waals surface area contributed by atoms with Gasteiger partial charge in [0.1, 0.15) is 21.4 Å². The van der Waals surface area contributed by atoms with E-state index in [1.54, 1.807) is 39.8 Å². The molecule has 2 aromatic carbocycles. The molecule has 2 aromatic rings. The summed E-state index contributed by atoms with van der Waals surface area (Å²) in [6.45, 7) is 1.42. The molecule has 2 aliphatic rings. The monoisotopic (exact) mass is 476 g/mol. The van der Waals surface area contributed by atoms with Crippen molar-refractivity contribution in [2.45, 2.75) is 11.3 Å². The Kier molecular flexibility index (Phi) is 6.92. The number of rotatable bonds is 5. The summed E-state index contributed by atoms with van der Waals surface area (Å²) in [7, 11) is 0. The summed E-state index contributed by atoms with van der Waals surface area (Å²) in [4.78, 5) is 29.8.